The molecular formula is C17H20N4O3S. The van der Waals surface area contributed by atoms with Crippen LogP contribution in [0.25, 0.3) is 0 Å². The molecule has 1 saturated heterocycles. The molecule has 0 aromatic carbocycles. The van der Waals surface area contributed by atoms with E-state index in [0.29, 0.717) is 5.13 Å². The van der Waals surface area contributed by atoms with Gasteiger partial charge in [-0.3, -0.25) is 24.6 Å². The van der Waals surface area contributed by atoms with Crippen LogP contribution in [0.2, 0.25) is 0 Å². The number of imide groups is 1. The van der Waals surface area contributed by atoms with Crippen LogP contribution < -0.4 is 5.32 Å². The molecule has 1 N–H and O–H groups in total. The molecule has 2 fully saturated rings. The van der Waals surface area contributed by atoms with Gasteiger partial charge in [0, 0.05) is 5.41 Å². The standard InChI is InChI=1S/C17H20N4O3S/c1-17(2,3)15-19-20-16(25-15)18-10(22)7-21-13(23)11-8-4-5-9(6-8)12(11)14(21)24/h4-5,8-9,11-12H,6-7H2,1-3H3,(H,18,20,22)/t8-,9-,11-,12-/m0/s1. The Morgan fingerprint density at radius 3 is 2.32 bits per heavy atom. The van der Waals surface area contributed by atoms with Crippen molar-refractivity contribution in [2.45, 2.75) is 32.6 Å². The average molecular weight is 360 g/mol. The number of hydrogen-bond acceptors (Lipinski definition) is 6. The van der Waals surface area contributed by atoms with E-state index in [-0.39, 0.29) is 47.4 Å². The van der Waals surface area contributed by atoms with Crippen LogP contribution in [0.1, 0.15) is 32.2 Å². The fourth-order valence-corrected chi connectivity index (χ4v) is 4.82. The van der Waals surface area contributed by atoms with Gasteiger partial charge in [-0.2, -0.15) is 0 Å². The summed E-state index contributed by atoms with van der Waals surface area (Å²) in [5, 5.41) is 11.9. The Morgan fingerprint density at radius 1 is 1.20 bits per heavy atom. The van der Waals surface area contributed by atoms with Crippen LogP contribution >= 0.6 is 11.3 Å². The number of nitrogens with zero attached hydrogens (tertiary/aromatic N) is 3. The quantitative estimate of drug-likeness (QED) is 0.653. The van der Waals surface area contributed by atoms with Crippen molar-refractivity contribution in [1.29, 1.82) is 0 Å². The second-order valence-corrected chi connectivity index (χ2v) is 8.95. The van der Waals surface area contributed by atoms with Gasteiger partial charge in [-0.25, -0.2) is 0 Å². The van der Waals surface area contributed by atoms with Crippen LogP contribution in [0.3, 0.4) is 0 Å². The molecule has 2 aliphatic carbocycles. The van der Waals surface area contributed by atoms with Gasteiger partial charge in [0.1, 0.15) is 11.6 Å². The van der Waals surface area contributed by atoms with Gasteiger partial charge in [0.15, 0.2) is 0 Å². The Labute approximate surface area is 149 Å². The summed E-state index contributed by atoms with van der Waals surface area (Å²) in [6, 6.07) is 0. The number of amides is 3. The molecule has 0 spiro atoms. The molecule has 1 saturated carbocycles. The van der Waals surface area contributed by atoms with Crippen molar-refractivity contribution in [2.24, 2.45) is 23.7 Å². The number of hydrogen-bond donors (Lipinski definition) is 1. The Morgan fingerprint density at radius 2 is 1.80 bits per heavy atom. The van der Waals surface area contributed by atoms with Gasteiger partial charge in [0.25, 0.3) is 0 Å². The zero-order chi connectivity index (χ0) is 17.9. The van der Waals surface area contributed by atoms with Crippen LogP contribution in [-0.2, 0) is 19.8 Å². The Kier molecular flexibility index (Phi) is 3.57. The molecule has 3 aliphatic rings. The van der Waals surface area contributed by atoms with Gasteiger partial charge < -0.3 is 0 Å². The maximum atomic E-state index is 12.6. The molecule has 3 amide bonds. The number of fused-ring (bicyclic) bond motifs is 5. The van der Waals surface area contributed by atoms with Crippen LogP contribution in [0, 0.1) is 23.7 Å². The highest BCUT2D eigenvalue weighted by molar-refractivity contribution is 7.15. The third kappa shape index (κ3) is 2.59. The van der Waals surface area contributed by atoms with Crippen molar-refractivity contribution in [2.75, 3.05) is 11.9 Å². The minimum atomic E-state index is -0.418. The summed E-state index contributed by atoms with van der Waals surface area (Å²) in [5.41, 5.74) is -0.148. The fraction of sp³-hybridized carbons (Fsp3) is 0.588. The summed E-state index contributed by atoms with van der Waals surface area (Å²) < 4.78 is 0. The number of aromatic nitrogens is 2. The van der Waals surface area contributed by atoms with E-state index in [1.807, 2.05) is 32.9 Å². The van der Waals surface area contributed by atoms with Gasteiger partial charge in [-0.1, -0.05) is 44.3 Å². The van der Waals surface area contributed by atoms with Crippen molar-refractivity contribution < 1.29 is 14.4 Å². The largest absolute Gasteiger partial charge is 0.299 e. The second kappa shape index (κ2) is 5.45. The number of nitrogens with one attached hydrogen (secondary N) is 1. The summed E-state index contributed by atoms with van der Waals surface area (Å²) in [5.74, 6) is -1.09. The van der Waals surface area contributed by atoms with E-state index >= 15 is 0 Å². The number of carbonyl (C=O) groups is 3. The lowest BCUT2D eigenvalue weighted by molar-refractivity contribution is -0.143. The van der Waals surface area contributed by atoms with E-state index in [4.69, 9.17) is 0 Å². The third-order valence-electron chi connectivity index (χ3n) is 5.18. The highest BCUT2D eigenvalue weighted by Gasteiger charge is 2.59. The molecule has 8 heteroatoms. The van der Waals surface area contributed by atoms with Crippen LogP contribution in [0.15, 0.2) is 12.2 Å². The minimum Gasteiger partial charge on any atom is -0.299 e. The first kappa shape index (κ1) is 16.4. The highest BCUT2D eigenvalue weighted by atomic mass is 32.1. The Hall–Kier alpha value is -2.09. The molecule has 1 aromatic heterocycles. The van der Waals surface area contributed by atoms with Crippen molar-refractivity contribution >= 4 is 34.2 Å². The van der Waals surface area contributed by atoms with E-state index in [2.05, 4.69) is 15.5 Å². The zero-order valence-corrected chi connectivity index (χ0v) is 15.2. The van der Waals surface area contributed by atoms with Crippen molar-refractivity contribution in [3.63, 3.8) is 0 Å². The zero-order valence-electron chi connectivity index (χ0n) is 14.4. The van der Waals surface area contributed by atoms with Crippen molar-refractivity contribution in [3.8, 4) is 0 Å². The molecule has 25 heavy (non-hydrogen) atoms. The maximum absolute atomic E-state index is 12.6. The predicted molar refractivity (Wildman–Crippen MR) is 91.7 cm³/mol. The number of carbonyl (C=O) groups excluding carboxylic acids is 3. The first-order chi connectivity index (χ1) is 11.8. The third-order valence-corrected chi connectivity index (χ3v) is 6.44. The van der Waals surface area contributed by atoms with Crippen LogP contribution in [0.4, 0.5) is 5.13 Å². The summed E-state index contributed by atoms with van der Waals surface area (Å²) in [7, 11) is 0. The number of rotatable bonds is 3. The predicted octanol–water partition coefficient (Wildman–Crippen LogP) is 1.58. The SMILES string of the molecule is CC(C)(C)c1nnc(NC(=O)CN2C(=O)[C@@H]3[C@@H](C2=O)[C@H]2C=C[C@H]3C2)s1. The molecule has 7 nitrogen and oxygen atoms in total. The summed E-state index contributed by atoms with van der Waals surface area (Å²) in [6.07, 6.45) is 4.96. The molecule has 2 heterocycles. The molecule has 0 unspecified atom stereocenters. The molecule has 1 aliphatic heterocycles. The normalized spacial score (nSPS) is 30.3. The first-order valence-corrected chi connectivity index (χ1v) is 9.25. The van der Waals surface area contributed by atoms with Gasteiger partial charge in [0.05, 0.1) is 11.8 Å². The number of allylic oxidation sites excluding steroid dienone is 2. The van der Waals surface area contributed by atoms with Gasteiger partial charge >= 0.3 is 0 Å². The lowest BCUT2D eigenvalue weighted by atomic mass is 9.85. The Balaban J connectivity index is 1.43. The molecule has 2 bridgehead atoms. The van der Waals surface area contributed by atoms with Crippen molar-refractivity contribution in [3.05, 3.63) is 17.2 Å². The summed E-state index contributed by atoms with van der Waals surface area (Å²) in [4.78, 5) is 38.5. The van der Waals surface area contributed by atoms with E-state index in [9.17, 15) is 14.4 Å². The van der Waals surface area contributed by atoms with E-state index in [1.54, 1.807) is 0 Å². The van der Waals surface area contributed by atoms with Gasteiger partial charge in [-0.05, 0) is 18.3 Å². The van der Waals surface area contributed by atoms with Gasteiger partial charge in [-0.15, -0.1) is 10.2 Å². The molecule has 1 aromatic rings. The lowest BCUT2D eigenvalue weighted by Gasteiger charge is -2.16. The average Bonchev–Trinajstić information content (AvgIpc) is 3.27. The van der Waals surface area contributed by atoms with Crippen LogP contribution in [0.5, 0.6) is 0 Å². The second-order valence-electron chi connectivity index (χ2n) is 7.97. The molecule has 4 rings (SSSR count). The van der Waals surface area contributed by atoms with E-state index < -0.39 is 5.91 Å². The minimum absolute atomic E-state index is 0.148. The lowest BCUT2D eigenvalue weighted by Crippen LogP contribution is -2.39. The molecule has 0 radical (unpaired) electrons. The topological polar surface area (TPSA) is 92.3 Å². The van der Waals surface area contributed by atoms with Crippen LogP contribution in [-0.4, -0.2) is 39.4 Å². The molecule has 4 atom stereocenters. The highest BCUT2D eigenvalue weighted by Crippen LogP contribution is 2.52. The summed E-state index contributed by atoms with van der Waals surface area (Å²) >= 11 is 1.30. The fourth-order valence-electron chi connectivity index (χ4n) is 4.00. The molecule has 132 valence electrons. The van der Waals surface area contributed by atoms with Gasteiger partial charge in [0.2, 0.25) is 22.9 Å². The first-order valence-electron chi connectivity index (χ1n) is 8.43. The van der Waals surface area contributed by atoms with Crippen molar-refractivity contribution in [1.82, 2.24) is 15.1 Å². The smallest absolute Gasteiger partial charge is 0.246 e. The summed E-state index contributed by atoms with van der Waals surface area (Å²) in [6.45, 7) is 5.79. The van der Waals surface area contributed by atoms with E-state index in [0.717, 1.165) is 16.3 Å². The maximum Gasteiger partial charge on any atom is 0.246 e. The number of likely N-dealkylation sites (tertiary alicyclic amines) is 1. The monoisotopic (exact) mass is 360 g/mol. The number of anilines is 1. The Bertz CT molecular complexity index is 764. The molecular weight excluding hydrogens is 340 g/mol. The van der Waals surface area contributed by atoms with E-state index in [1.165, 1.54) is 11.3 Å².